The van der Waals surface area contributed by atoms with Crippen LogP contribution in [0.1, 0.15) is 10.4 Å². The van der Waals surface area contributed by atoms with Crippen LogP contribution in [0, 0.1) is 0 Å². The number of hydrogen-bond acceptors (Lipinski definition) is 3. The molecule has 0 aromatic heterocycles. The van der Waals surface area contributed by atoms with Gasteiger partial charge in [-0.05, 0) is 87.1 Å². The molecule has 7 rings (SSSR count). The fourth-order valence-electron chi connectivity index (χ4n) is 5.83. The van der Waals surface area contributed by atoms with Crippen LogP contribution in [0.15, 0.2) is 127 Å². The maximum atomic E-state index is 13.2. The Hall–Kier alpha value is -4.86. The smallest absolute Gasteiger partial charge is 0.338 e. The molecule has 0 heterocycles. The first-order valence-corrected chi connectivity index (χ1v) is 13.5. The number of anilines is 3. The minimum Gasteiger partial charge on any atom is -0.465 e. The average molecular weight is 538 g/mol. The predicted octanol–water partition coefficient (Wildman–Crippen LogP) is 10.1. The van der Waals surface area contributed by atoms with Crippen molar-refractivity contribution in [1.82, 2.24) is 0 Å². The van der Waals surface area contributed by atoms with Crippen LogP contribution in [0.25, 0.3) is 44.2 Å². The molecule has 4 heteroatoms. The van der Waals surface area contributed by atoms with Gasteiger partial charge in [-0.3, -0.25) is 0 Å². The van der Waals surface area contributed by atoms with Gasteiger partial charge in [0.1, 0.15) is 0 Å². The molecule has 0 aliphatic heterocycles. The largest absolute Gasteiger partial charge is 0.465 e. The van der Waals surface area contributed by atoms with Gasteiger partial charge < -0.3 is 9.64 Å². The maximum Gasteiger partial charge on any atom is 0.338 e. The highest BCUT2D eigenvalue weighted by molar-refractivity contribution is 6.36. The summed E-state index contributed by atoms with van der Waals surface area (Å²) in [7, 11) is 1.41. The van der Waals surface area contributed by atoms with E-state index in [9.17, 15) is 4.79 Å². The molecule has 0 saturated carbocycles. The van der Waals surface area contributed by atoms with Gasteiger partial charge in [-0.25, -0.2) is 4.79 Å². The molecule has 6 aromatic rings. The zero-order valence-electron chi connectivity index (χ0n) is 21.8. The second kappa shape index (κ2) is 9.71. The molecule has 40 heavy (non-hydrogen) atoms. The molecule has 1 aliphatic rings. The van der Waals surface area contributed by atoms with E-state index < -0.39 is 5.97 Å². The number of carbonyl (C=O) groups is 1. The van der Waals surface area contributed by atoms with Gasteiger partial charge in [-0.15, -0.1) is 0 Å². The van der Waals surface area contributed by atoms with Crippen LogP contribution >= 0.6 is 11.6 Å². The van der Waals surface area contributed by atoms with E-state index in [1.165, 1.54) is 17.9 Å². The average Bonchev–Trinajstić information content (AvgIpc) is 3.34. The molecule has 0 N–H and O–H groups in total. The van der Waals surface area contributed by atoms with E-state index in [0.29, 0.717) is 10.6 Å². The third-order valence-electron chi connectivity index (χ3n) is 7.56. The summed E-state index contributed by atoms with van der Waals surface area (Å²) in [6.45, 7) is 0. The summed E-state index contributed by atoms with van der Waals surface area (Å²) in [5.41, 5.74) is 9.35. The molecule has 3 nitrogen and oxygen atoms in total. The number of fused-ring (bicyclic) bond motifs is 3. The predicted molar refractivity (Wildman–Crippen MR) is 165 cm³/mol. The summed E-state index contributed by atoms with van der Waals surface area (Å²) in [5.74, 6) is -0.403. The standard InChI is InChI=1S/C36H24ClNO2/c1-40-36(39)32-22-27(38(25-12-4-2-5-13-25)26-14-6-3-7-15-26)18-19-28(32)24-20-31-29-16-8-10-23-11-9-17-30(34(23)29)35(31)33(37)21-24/h2-22H,1H3. The first kappa shape index (κ1) is 24.2. The molecular weight excluding hydrogens is 514 g/mol. The highest BCUT2D eigenvalue weighted by Gasteiger charge is 2.26. The van der Waals surface area contributed by atoms with Gasteiger partial charge in [0.15, 0.2) is 0 Å². The molecule has 0 amide bonds. The van der Waals surface area contributed by atoms with Gasteiger partial charge in [0.05, 0.1) is 12.7 Å². The lowest BCUT2D eigenvalue weighted by atomic mass is 9.94. The summed E-state index contributed by atoms with van der Waals surface area (Å²) < 4.78 is 5.27. The monoisotopic (exact) mass is 537 g/mol. The second-order valence-corrected chi connectivity index (χ2v) is 10.2. The van der Waals surface area contributed by atoms with Crippen molar-refractivity contribution in [3.63, 3.8) is 0 Å². The Morgan fingerprint density at radius 3 is 1.93 bits per heavy atom. The van der Waals surface area contributed by atoms with Crippen LogP contribution in [0.3, 0.4) is 0 Å². The first-order valence-electron chi connectivity index (χ1n) is 13.1. The highest BCUT2D eigenvalue weighted by Crippen LogP contribution is 2.51. The Morgan fingerprint density at radius 1 is 0.625 bits per heavy atom. The van der Waals surface area contributed by atoms with E-state index in [2.05, 4.69) is 71.6 Å². The van der Waals surface area contributed by atoms with Crippen molar-refractivity contribution in [2.45, 2.75) is 0 Å². The minimum absolute atomic E-state index is 0.403. The number of ether oxygens (including phenoxy) is 1. The molecule has 0 bridgehead atoms. The minimum atomic E-state index is -0.403. The maximum absolute atomic E-state index is 13.2. The molecule has 6 aromatic carbocycles. The molecule has 0 saturated heterocycles. The molecule has 0 atom stereocenters. The molecule has 0 unspecified atom stereocenters. The van der Waals surface area contributed by atoms with E-state index in [4.69, 9.17) is 16.3 Å². The van der Waals surface area contributed by atoms with Crippen molar-refractivity contribution >= 4 is 45.4 Å². The van der Waals surface area contributed by atoms with E-state index in [1.807, 2.05) is 60.7 Å². The lowest BCUT2D eigenvalue weighted by molar-refractivity contribution is 0.0601. The van der Waals surface area contributed by atoms with Crippen LogP contribution in [0.2, 0.25) is 5.02 Å². The molecule has 0 spiro atoms. The molecule has 192 valence electrons. The van der Waals surface area contributed by atoms with Crippen LogP contribution in [0.5, 0.6) is 0 Å². The summed E-state index contributed by atoms with van der Waals surface area (Å²) in [6, 6.07) is 42.9. The summed E-state index contributed by atoms with van der Waals surface area (Å²) in [5, 5.41) is 3.06. The van der Waals surface area contributed by atoms with E-state index >= 15 is 0 Å². The Labute approximate surface area is 237 Å². The van der Waals surface area contributed by atoms with Gasteiger partial charge in [0.25, 0.3) is 0 Å². The normalized spacial score (nSPS) is 11.3. The summed E-state index contributed by atoms with van der Waals surface area (Å²) in [6.07, 6.45) is 0. The van der Waals surface area contributed by atoms with Crippen molar-refractivity contribution < 1.29 is 9.53 Å². The second-order valence-electron chi connectivity index (χ2n) is 9.82. The number of rotatable bonds is 5. The summed E-state index contributed by atoms with van der Waals surface area (Å²) in [4.78, 5) is 15.4. The van der Waals surface area contributed by atoms with Crippen molar-refractivity contribution in [1.29, 1.82) is 0 Å². The summed E-state index contributed by atoms with van der Waals surface area (Å²) >= 11 is 6.98. The Bertz CT molecular complexity index is 1870. The number of carbonyl (C=O) groups excluding carboxylic acids is 1. The molecular formula is C36H24ClNO2. The van der Waals surface area contributed by atoms with Gasteiger partial charge in [0, 0.05) is 27.6 Å². The van der Waals surface area contributed by atoms with Crippen molar-refractivity contribution in [2.24, 2.45) is 0 Å². The quantitative estimate of drug-likeness (QED) is 0.204. The number of halogens is 1. The number of esters is 1. The third-order valence-corrected chi connectivity index (χ3v) is 7.86. The number of nitrogens with zero attached hydrogens (tertiary/aromatic N) is 1. The number of benzene rings is 6. The van der Waals surface area contributed by atoms with E-state index in [1.54, 1.807) is 0 Å². The van der Waals surface area contributed by atoms with E-state index in [-0.39, 0.29) is 0 Å². The van der Waals surface area contributed by atoms with E-state index in [0.717, 1.165) is 50.4 Å². The van der Waals surface area contributed by atoms with Gasteiger partial charge in [-0.1, -0.05) is 90.5 Å². The topological polar surface area (TPSA) is 29.5 Å². The zero-order valence-corrected chi connectivity index (χ0v) is 22.5. The lowest BCUT2D eigenvalue weighted by Gasteiger charge is -2.26. The lowest BCUT2D eigenvalue weighted by Crippen LogP contribution is -2.12. The number of methoxy groups -OCH3 is 1. The molecule has 0 radical (unpaired) electrons. The fraction of sp³-hybridized carbons (Fsp3) is 0.0278. The van der Waals surface area contributed by atoms with Crippen LogP contribution in [0.4, 0.5) is 17.1 Å². The fourth-order valence-corrected chi connectivity index (χ4v) is 6.15. The van der Waals surface area contributed by atoms with Crippen LogP contribution < -0.4 is 4.90 Å². The van der Waals surface area contributed by atoms with Crippen molar-refractivity contribution in [2.75, 3.05) is 12.0 Å². The van der Waals surface area contributed by atoms with Gasteiger partial charge >= 0.3 is 5.97 Å². The third kappa shape index (κ3) is 3.86. The van der Waals surface area contributed by atoms with Crippen LogP contribution in [-0.2, 0) is 4.74 Å². The number of para-hydroxylation sites is 2. The first-order chi connectivity index (χ1) is 19.6. The Morgan fingerprint density at radius 2 is 1.27 bits per heavy atom. The van der Waals surface area contributed by atoms with Gasteiger partial charge in [0.2, 0.25) is 0 Å². The van der Waals surface area contributed by atoms with Crippen molar-refractivity contribution in [3.8, 4) is 33.4 Å². The zero-order chi connectivity index (χ0) is 27.2. The highest BCUT2D eigenvalue weighted by atomic mass is 35.5. The Balaban J connectivity index is 1.41. The molecule has 1 aliphatic carbocycles. The number of hydrogen-bond donors (Lipinski definition) is 0. The van der Waals surface area contributed by atoms with Gasteiger partial charge in [-0.2, -0.15) is 0 Å². The SMILES string of the molecule is COC(=O)c1cc(N(c2ccccc2)c2ccccc2)ccc1-c1cc(Cl)c2c(c1)-c1cccc3cccc-2c13. The Kier molecular flexibility index (Phi) is 5.87. The van der Waals surface area contributed by atoms with Crippen molar-refractivity contribution in [3.05, 3.63) is 138 Å². The van der Waals surface area contributed by atoms with Crippen LogP contribution in [-0.4, -0.2) is 13.1 Å². The molecule has 0 fully saturated rings.